The molecule has 1 saturated heterocycles. The van der Waals surface area contributed by atoms with E-state index in [1.807, 2.05) is 11.8 Å². The Balaban J connectivity index is 1.76. The number of carbonyl (C=O) groups is 1. The minimum Gasteiger partial charge on any atom is -0.352 e. The zero-order valence-electron chi connectivity index (χ0n) is 11.6. The molecule has 2 fully saturated rings. The molecule has 0 aromatic rings. The molecule has 0 radical (unpaired) electrons. The Labute approximate surface area is 115 Å². The third-order valence-corrected chi connectivity index (χ3v) is 4.97. The van der Waals surface area contributed by atoms with Crippen LogP contribution in [0, 0.1) is 5.92 Å². The van der Waals surface area contributed by atoms with Crippen LogP contribution in [0.25, 0.3) is 0 Å². The van der Waals surface area contributed by atoms with E-state index in [4.69, 9.17) is 0 Å². The lowest BCUT2D eigenvalue weighted by molar-refractivity contribution is -0.123. The van der Waals surface area contributed by atoms with Crippen molar-refractivity contribution in [3.63, 3.8) is 0 Å². The van der Waals surface area contributed by atoms with Crippen molar-refractivity contribution in [2.24, 2.45) is 5.92 Å². The van der Waals surface area contributed by atoms with Gasteiger partial charge < -0.3 is 10.6 Å². The first-order valence-corrected chi connectivity index (χ1v) is 8.65. The van der Waals surface area contributed by atoms with E-state index in [1.165, 1.54) is 25.7 Å². The quantitative estimate of drug-likeness (QED) is 0.804. The van der Waals surface area contributed by atoms with E-state index in [0.29, 0.717) is 12.1 Å². The summed E-state index contributed by atoms with van der Waals surface area (Å²) < 4.78 is 0. The van der Waals surface area contributed by atoms with E-state index in [2.05, 4.69) is 23.8 Å². The van der Waals surface area contributed by atoms with Crippen molar-refractivity contribution in [2.45, 2.75) is 63.6 Å². The first-order chi connectivity index (χ1) is 8.70. The molecule has 0 bridgehead atoms. The summed E-state index contributed by atoms with van der Waals surface area (Å²) in [6.07, 6.45) is 9.46. The van der Waals surface area contributed by atoms with Crippen molar-refractivity contribution >= 4 is 17.7 Å². The van der Waals surface area contributed by atoms with Crippen LogP contribution in [-0.4, -0.2) is 36.0 Å². The minimum absolute atomic E-state index is 0.0647. The van der Waals surface area contributed by atoms with Crippen molar-refractivity contribution in [2.75, 3.05) is 12.0 Å². The van der Waals surface area contributed by atoms with E-state index in [0.717, 1.165) is 24.5 Å². The SMILES string of the molecule is CSCCC(C)NC(=O)C1CC2CCCCC2N1. The molecule has 1 aliphatic carbocycles. The Kier molecular flexibility index (Phi) is 5.37. The average Bonchev–Trinajstić information content (AvgIpc) is 2.80. The lowest BCUT2D eigenvalue weighted by Crippen LogP contribution is -2.46. The van der Waals surface area contributed by atoms with Gasteiger partial charge in [0.1, 0.15) is 0 Å². The number of carbonyl (C=O) groups excluding carboxylic acids is 1. The van der Waals surface area contributed by atoms with Crippen molar-refractivity contribution in [1.82, 2.24) is 10.6 Å². The number of hydrogen-bond acceptors (Lipinski definition) is 3. The fourth-order valence-corrected chi connectivity index (χ4v) is 3.82. The third kappa shape index (κ3) is 3.64. The van der Waals surface area contributed by atoms with Gasteiger partial charge in [0.05, 0.1) is 6.04 Å². The number of thioether (sulfide) groups is 1. The van der Waals surface area contributed by atoms with Gasteiger partial charge in [-0.1, -0.05) is 12.8 Å². The maximum atomic E-state index is 12.2. The molecule has 1 heterocycles. The number of amides is 1. The lowest BCUT2D eigenvalue weighted by Gasteiger charge is -2.24. The molecular weight excluding hydrogens is 244 g/mol. The van der Waals surface area contributed by atoms with Gasteiger partial charge in [-0.3, -0.25) is 4.79 Å². The predicted molar refractivity (Wildman–Crippen MR) is 77.9 cm³/mol. The number of hydrogen-bond donors (Lipinski definition) is 2. The summed E-state index contributed by atoms with van der Waals surface area (Å²) in [6, 6.07) is 0.972. The fraction of sp³-hybridized carbons (Fsp3) is 0.929. The standard InChI is InChI=1S/C14H26N2OS/c1-10(7-8-18-2)15-14(17)13-9-11-5-3-4-6-12(11)16-13/h10-13,16H,3-9H2,1-2H3,(H,15,17). The highest BCUT2D eigenvalue weighted by Crippen LogP contribution is 2.33. The summed E-state index contributed by atoms with van der Waals surface area (Å²) in [5.74, 6) is 2.08. The van der Waals surface area contributed by atoms with E-state index >= 15 is 0 Å². The van der Waals surface area contributed by atoms with Crippen molar-refractivity contribution in [3.05, 3.63) is 0 Å². The van der Waals surface area contributed by atoms with E-state index < -0.39 is 0 Å². The van der Waals surface area contributed by atoms with Crippen LogP contribution in [0.4, 0.5) is 0 Å². The zero-order valence-corrected chi connectivity index (χ0v) is 12.4. The third-order valence-electron chi connectivity index (χ3n) is 4.32. The lowest BCUT2D eigenvalue weighted by atomic mass is 9.85. The molecule has 2 aliphatic rings. The Morgan fingerprint density at radius 3 is 2.94 bits per heavy atom. The second kappa shape index (κ2) is 6.80. The summed E-state index contributed by atoms with van der Waals surface area (Å²) in [5, 5.41) is 6.69. The van der Waals surface area contributed by atoms with Crippen LogP contribution < -0.4 is 10.6 Å². The van der Waals surface area contributed by atoms with Crippen LogP contribution in [-0.2, 0) is 4.79 Å². The average molecular weight is 270 g/mol. The van der Waals surface area contributed by atoms with Gasteiger partial charge in [-0.05, 0) is 50.5 Å². The molecule has 1 saturated carbocycles. The van der Waals surface area contributed by atoms with Gasteiger partial charge in [0.15, 0.2) is 0 Å². The molecule has 2 rings (SSSR count). The molecule has 3 nitrogen and oxygen atoms in total. The number of rotatable bonds is 5. The van der Waals surface area contributed by atoms with Crippen LogP contribution in [0.1, 0.15) is 45.4 Å². The molecule has 0 aromatic carbocycles. The van der Waals surface area contributed by atoms with Gasteiger partial charge in [-0.25, -0.2) is 0 Å². The first-order valence-electron chi connectivity index (χ1n) is 7.26. The Morgan fingerprint density at radius 1 is 1.44 bits per heavy atom. The summed E-state index contributed by atoms with van der Waals surface area (Å²) in [4.78, 5) is 12.2. The summed E-state index contributed by atoms with van der Waals surface area (Å²) in [7, 11) is 0. The van der Waals surface area contributed by atoms with Crippen LogP contribution in [0.15, 0.2) is 0 Å². The van der Waals surface area contributed by atoms with Crippen LogP contribution in [0.2, 0.25) is 0 Å². The molecular formula is C14H26N2OS. The van der Waals surface area contributed by atoms with Gasteiger partial charge in [0.25, 0.3) is 0 Å². The Bertz CT molecular complexity index is 271. The molecule has 104 valence electrons. The van der Waals surface area contributed by atoms with Gasteiger partial charge in [-0.2, -0.15) is 11.8 Å². The normalized spacial score (nSPS) is 32.9. The first kappa shape index (κ1) is 14.2. The molecule has 1 amide bonds. The van der Waals surface area contributed by atoms with Crippen LogP contribution in [0.5, 0.6) is 0 Å². The van der Waals surface area contributed by atoms with Gasteiger partial charge in [0, 0.05) is 12.1 Å². The van der Waals surface area contributed by atoms with E-state index in [9.17, 15) is 4.79 Å². The highest BCUT2D eigenvalue weighted by Gasteiger charge is 2.38. The second-order valence-corrected chi connectivity index (χ2v) is 6.78. The summed E-state index contributed by atoms with van der Waals surface area (Å²) in [6.45, 7) is 2.11. The molecule has 4 heteroatoms. The number of fused-ring (bicyclic) bond motifs is 1. The highest BCUT2D eigenvalue weighted by atomic mass is 32.2. The maximum absolute atomic E-state index is 12.2. The Morgan fingerprint density at radius 2 is 2.22 bits per heavy atom. The molecule has 4 unspecified atom stereocenters. The van der Waals surface area contributed by atoms with Crippen molar-refractivity contribution < 1.29 is 4.79 Å². The van der Waals surface area contributed by atoms with Crippen molar-refractivity contribution in [3.8, 4) is 0 Å². The zero-order chi connectivity index (χ0) is 13.0. The number of nitrogens with one attached hydrogen (secondary N) is 2. The van der Waals surface area contributed by atoms with Gasteiger partial charge in [0.2, 0.25) is 5.91 Å². The smallest absolute Gasteiger partial charge is 0.237 e. The molecule has 0 aromatic heterocycles. The summed E-state index contributed by atoms with van der Waals surface area (Å²) >= 11 is 1.84. The van der Waals surface area contributed by atoms with E-state index in [1.54, 1.807) is 0 Å². The maximum Gasteiger partial charge on any atom is 0.237 e. The molecule has 18 heavy (non-hydrogen) atoms. The van der Waals surface area contributed by atoms with Crippen LogP contribution in [0.3, 0.4) is 0 Å². The molecule has 0 spiro atoms. The fourth-order valence-electron chi connectivity index (χ4n) is 3.23. The Hall–Kier alpha value is -0.220. The highest BCUT2D eigenvalue weighted by molar-refractivity contribution is 7.98. The van der Waals surface area contributed by atoms with E-state index in [-0.39, 0.29) is 11.9 Å². The minimum atomic E-state index is 0.0647. The second-order valence-electron chi connectivity index (χ2n) is 5.80. The molecule has 1 aliphatic heterocycles. The topological polar surface area (TPSA) is 41.1 Å². The molecule has 4 atom stereocenters. The van der Waals surface area contributed by atoms with Crippen molar-refractivity contribution in [1.29, 1.82) is 0 Å². The monoisotopic (exact) mass is 270 g/mol. The molecule has 2 N–H and O–H groups in total. The van der Waals surface area contributed by atoms with Gasteiger partial charge in [-0.15, -0.1) is 0 Å². The van der Waals surface area contributed by atoms with Crippen LogP contribution >= 0.6 is 11.8 Å². The predicted octanol–water partition coefficient (Wildman–Crippen LogP) is 2.16. The summed E-state index contributed by atoms with van der Waals surface area (Å²) in [5.41, 5.74) is 0. The largest absolute Gasteiger partial charge is 0.352 e. The van der Waals surface area contributed by atoms with Gasteiger partial charge >= 0.3 is 0 Å².